The maximum absolute atomic E-state index is 11.2. The van der Waals surface area contributed by atoms with Crippen molar-refractivity contribution in [1.82, 2.24) is 0 Å². The molecular weight excluding hydrogens is 190 g/mol. The Balaban J connectivity index is 0.00000144. The molecule has 4 heteroatoms. The van der Waals surface area contributed by atoms with E-state index in [1.54, 1.807) is 24.3 Å². The standard InChI is InChI=1S/C9H11NO2.ClH/c10-9(12)6-8(11)7-4-2-1-3-5-7;/h1-5,9,12H,6,10H2;1H. The zero-order chi connectivity index (χ0) is 8.97. The first-order valence-electron chi connectivity index (χ1n) is 3.72. The molecule has 0 aromatic heterocycles. The normalized spacial score (nSPS) is 11.5. The lowest BCUT2D eigenvalue weighted by Gasteiger charge is -2.02. The van der Waals surface area contributed by atoms with E-state index >= 15 is 0 Å². The minimum Gasteiger partial charge on any atom is -0.378 e. The van der Waals surface area contributed by atoms with E-state index in [0.29, 0.717) is 5.56 Å². The number of benzene rings is 1. The second-order valence-electron chi connectivity index (χ2n) is 2.56. The summed E-state index contributed by atoms with van der Waals surface area (Å²) >= 11 is 0. The Hall–Kier alpha value is -0.900. The molecule has 0 saturated heterocycles. The van der Waals surface area contributed by atoms with Crippen molar-refractivity contribution in [3.63, 3.8) is 0 Å². The molecule has 1 atom stereocenters. The van der Waals surface area contributed by atoms with Crippen LogP contribution in [0.25, 0.3) is 0 Å². The second-order valence-corrected chi connectivity index (χ2v) is 2.56. The van der Waals surface area contributed by atoms with E-state index in [9.17, 15) is 4.79 Å². The zero-order valence-electron chi connectivity index (χ0n) is 7.01. The molecule has 0 radical (unpaired) electrons. The third-order valence-electron chi connectivity index (χ3n) is 1.49. The molecule has 0 saturated carbocycles. The summed E-state index contributed by atoms with van der Waals surface area (Å²) in [6.45, 7) is 0. The average molecular weight is 202 g/mol. The molecule has 3 N–H and O–H groups in total. The van der Waals surface area contributed by atoms with Crippen LogP contribution in [0.1, 0.15) is 16.8 Å². The number of ketones is 1. The van der Waals surface area contributed by atoms with Crippen molar-refractivity contribution in [2.75, 3.05) is 0 Å². The van der Waals surface area contributed by atoms with Crippen molar-refractivity contribution in [2.24, 2.45) is 5.73 Å². The summed E-state index contributed by atoms with van der Waals surface area (Å²) in [6.07, 6.45) is -1.08. The number of Topliss-reactive ketones (excluding diaryl/α,β-unsaturated/α-hetero) is 1. The van der Waals surface area contributed by atoms with Crippen molar-refractivity contribution >= 4 is 18.2 Å². The first kappa shape index (κ1) is 12.1. The van der Waals surface area contributed by atoms with Gasteiger partial charge in [0.25, 0.3) is 0 Å². The maximum Gasteiger partial charge on any atom is 0.166 e. The summed E-state index contributed by atoms with van der Waals surface area (Å²) in [6, 6.07) is 8.78. The summed E-state index contributed by atoms with van der Waals surface area (Å²) in [7, 11) is 0. The predicted molar refractivity (Wildman–Crippen MR) is 52.8 cm³/mol. The molecule has 1 rings (SSSR count). The number of hydrogen-bond donors (Lipinski definition) is 2. The van der Waals surface area contributed by atoms with Gasteiger partial charge < -0.3 is 10.8 Å². The second kappa shape index (κ2) is 5.70. The highest BCUT2D eigenvalue weighted by Crippen LogP contribution is 2.02. The molecule has 72 valence electrons. The molecule has 0 heterocycles. The fourth-order valence-corrected chi connectivity index (χ4v) is 0.932. The topological polar surface area (TPSA) is 63.3 Å². The van der Waals surface area contributed by atoms with Gasteiger partial charge in [0.05, 0.1) is 6.42 Å². The van der Waals surface area contributed by atoms with Crippen LogP contribution >= 0.6 is 12.4 Å². The number of aliphatic hydroxyl groups excluding tert-OH is 1. The van der Waals surface area contributed by atoms with Crippen molar-refractivity contribution in [1.29, 1.82) is 0 Å². The third kappa shape index (κ3) is 4.03. The zero-order valence-corrected chi connectivity index (χ0v) is 7.83. The monoisotopic (exact) mass is 201 g/mol. The molecule has 13 heavy (non-hydrogen) atoms. The average Bonchev–Trinajstić information content (AvgIpc) is 2.05. The largest absolute Gasteiger partial charge is 0.378 e. The highest BCUT2D eigenvalue weighted by atomic mass is 35.5. The van der Waals surface area contributed by atoms with Crippen molar-refractivity contribution in [3.05, 3.63) is 35.9 Å². The van der Waals surface area contributed by atoms with Crippen LogP contribution < -0.4 is 5.73 Å². The van der Waals surface area contributed by atoms with Crippen LogP contribution in [-0.4, -0.2) is 17.1 Å². The summed E-state index contributed by atoms with van der Waals surface area (Å²) in [5, 5.41) is 8.74. The van der Waals surface area contributed by atoms with E-state index in [1.165, 1.54) is 0 Å². The Bertz CT molecular complexity index is 262. The van der Waals surface area contributed by atoms with Crippen molar-refractivity contribution in [3.8, 4) is 0 Å². The van der Waals surface area contributed by atoms with Crippen molar-refractivity contribution in [2.45, 2.75) is 12.6 Å². The third-order valence-corrected chi connectivity index (χ3v) is 1.49. The molecule has 3 nitrogen and oxygen atoms in total. The van der Waals surface area contributed by atoms with E-state index in [4.69, 9.17) is 10.8 Å². The maximum atomic E-state index is 11.2. The summed E-state index contributed by atoms with van der Waals surface area (Å²) in [4.78, 5) is 11.2. The number of carbonyl (C=O) groups excluding carboxylic acids is 1. The Kier molecular flexibility index (Phi) is 5.30. The van der Waals surface area contributed by atoms with Gasteiger partial charge in [-0.1, -0.05) is 30.3 Å². The smallest absolute Gasteiger partial charge is 0.166 e. The van der Waals surface area contributed by atoms with Gasteiger partial charge in [-0.05, 0) is 0 Å². The van der Waals surface area contributed by atoms with E-state index in [1.807, 2.05) is 6.07 Å². The van der Waals surface area contributed by atoms with Gasteiger partial charge in [-0.2, -0.15) is 0 Å². The fraction of sp³-hybridized carbons (Fsp3) is 0.222. The van der Waals surface area contributed by atoms with Gasteiger partial charge in [0, 0.05) is 5.56 Å². The lowest BCUT2D eigenvalue weighted by Crippen LogP contribution is -2.22. The van der Waals surface area contributed by atoms with Crippen LogP contribution in [0.15, 0.2) is 30.3 Å². The van der Waals surface area contributed by atoms with Gasteiger partial charge >= 0.3 is 0 Å². The van der Waals surface area contributed by atoms with Gasteiger partial charge in [0.1, 0.15) is 6.23 Å². The van der Waals surface area contributed by atoms with Crippen LogP contribution in [0.2, 0.25) is 0 Å². The first-order chi connectivity index (χ1) is 5.70. The molecule has 0 aliphatic carbocycles. The first-order valence-corrected chi connectivity index (χ1v) is 3.72. The SMILES string of the molecule is Cl.NC(O)CC(=O)c1ccccc1. The lowest BCUT2D eigenvalue weighted by molar-refractivity contribution is 0.0889. The molecule has 0 spiro atoms. The minimum absolute atomic E-state index is 0. The summed E-state index contributed by atoms with van der Waals surface area (Å²) in [5.41, 5.74) is 5.65. The molecule has 0 bridgehead atoms. The Morgan fingerprint density at radius 2 is 1.92 bits per heavy atom. The molecule has 1 unspecified atom stereocenters. The number of halogens is 1. The molecule has 1 aromatic carbocycles. The van der Waals surface area contributed by atoms with Crippen LogP contribution in [0, 0.1) is 0 Å². The Labute approximate surface area is 83.0 Å². The molecule has 0 fully saturated rings. The lowest BCUT2D eigenvalue weighted by atomic mass is 10.1. The summed E-state index contributed by atoms with van der Waals surface area (Å²) in [5.74, 6) is -0.134. The van der Waals surface area contributed by atoms with E-state index in [2.05, 4.69) is 0 Å². The number of aliphatic hydroxyl groups is 1. The predicted octanol–water partition coefficient (Wildman–Crippen LogP) is 0.958. The number of hydrogen-bond acceptors (Lipinski definition) is 3. The van der Waals surface area contributed by atoms with Gasteiger partial charge in [-0.25, -0.2) is 0 Å². The number of nitrogens with two attached hydrogens (primary N) is 1. The Morgan fingerprint density at radius 3 is 2.38 bits per heavy atom. The van der Waals surface area contributed by atoms with Crippen molar-refractivity contribution < 1.29 is 9.90 Å². The highest BCUT2D eigenvalue weighted by Gasteiger charge is 2.07. The fourth-order valence-electron chi connectivity index (χ4n) is 0.932. The van der Waals surface area contributed by atoms with Crippen LogP contribution in [0.4, 0.5) is 0 Å². The van der Waals surface area contributed by atoms with Crippen LogP contribution in [0.5, 0.6) is 0 Å². The van der Waals surface area contributed by atoms with Gasteiger partial charge in [0.15, 0.2) is 5.78 Å². The van der Waals surface area contributed by atoms with Crippen LogP contribution in [-0.2, 0) is 0 Å². The van der Waals surface area contributed by atoms with Gasteiger partial charge in [0.2, 0.25) is 0 Å². The number of carbonyl (C=O) groups is 1. The van der Waals surface area contributed by atoms with Gasteiger partial charge in [-0.15, -0.1) is 12.4 Å². The van der Waals surface area contributed by atoms with E-state index < -0.39 is 6.23 Å². The van der Waals surface area contributed by atoms with E-state index in [-0.39, 0.29) is 24.6 Å². The molecule has 0 aliphatic heterocycles. The molecular formula is C9H12ClNO2. The summed E-state index contributed by atoms with van der Waals surface area (Å²) < 4.78 is 0. The quantitative estimate of drug-likeness (QED) is 0.566. The Morgan fingerprint density at radius 1 is 1.38 bits per heavy atom. The highest BCUT2D eigenvalue weighted by molar-refractivity contribution is 5.96. The number of rotatable bonds is 3. The van der Waals surface area contributed by atoms with Crippen LogP contribution in [0.3, 0.4) is 0 Å². The molecule has 0 aliphatic rings. The molecule has 0 amide bonds. The van der Waals surface area contributed by atoms with E-state index in [0.717, 1.165) is 0 Å². The molecule has 1 aromatic rings. The van der Waals surface area contributed by atoms with Gasteiger partial charge in [-0.3, -0.25) is 4.79 Å². The minimum atomic E-state index is -1.06.